The maximum Gasteiger partial charge on any atom is 1.00 e. The Hall–Kier alpha value is 0.384. The molecule has 0 rings (SSSR count). The van der Waals surface area contributed by atoms with Crippen molar-refractivity contribution in [2.45, 2.75) is 19.6 Å². The van der Waals surface area contributed by atoms with E-state index in [1.54, 1.807) is 0 Å². The second-order valence-electron chi connectivity index (χ2n) is 2.38. The molecule has 10 heavy (non-hydrogen) atoms. The van der Waals surface area contributed by atoms with Gasteiger partial charge in [0.25, 0.3) is 0 Å². The molecule has 1 nitrogen and oxygen atoms in total. The fourth-order valence-corrected chi connectivity index (χ4v) is 0. The zero-order chi connectivity index (χ0) is 7.21. The van der Waals surface area contributed by atoms with Gasteiger partial charge in [0.15, 0.2) is 0 Å². The molecule has 0 atom stereocenters. The normalized spacial score (nSPS) is 6.40. The molecule has 0 radical (unpaired) electrons. The van der Waals surface area contributed by atoms with Gasteiger partial charge in [0.2, 0.25) is 0 Å². The van der Waals surface area contributed by atoms with E-state index >= 15 is 0 Å². The third-order valence-electron chi connectivity index (χ3n) is 0.375. The molecule has 0 heterocycles. The maximum atomic E-state index is 6.67. The number of rotatable bonds is 0. The zero-order valence-electron chi connectivity index (χ0n) is 6.75. The Morgan fingerprint density at radius 2 is 1.30 bits per heavy atom. The van der Waals surface area contributed by atoms with Gasteiger partial charge in [-0.3, -0.25) is 0 Å². The second kappa shape index (κ2) is 12.1. The first-order chi connectivity index (χ1) is 3.56. The Morgan fingerprint density at radius 1 is 1.20 bits per heavy atom. The third-order valence-corrected chi connectivity index (χ3v) is 1.12. The van der Waals surface area contributed by atoms with Crippen molar-refractivity contribution in [2.24, 2.45) is 0 Å². The van der Waals surface area contributed by atoms with Crippen molar-refractivity contribution in [1.82, 2.24) is 0 Å². The number of nitrogens with zero attached hydrogens (tertiary/aromatic N) is 1. The molecule has 0 N–H and O–H groups in total. The molecule has 0 unspecified atom stereocenters. The maximum absolute atomic E-state index is 6.67. The first-order valence-electron chi connectivity index (χ1n) is 2.22. The fraction of sp³-hybridized carbons (Fsp3) is 0.500. The van der Waals surface area contributed by atoms with Crippen LogP contribution in [0, 0.1) is 23.8 Å². The summed E-state index contributed by atoms with van der Waals surface area (Å²) >= 11 is 0. The minimum Gasteiger partial charge on any atom is -0.701 e. The smallest absolute Gasteiger partial charge is 0.701 e. The molecule has 0 saturated carbocycles. The molecule has 0 aliphatic rings. The van der Waals surface area contributed by atoms with Crippen molar-refractivity contribution in [3.8, 4) is 5.54 Å². The topological polar surface area (TPSA) is 23.8 Å². The molecular weight excluding hydrogens is 185 g/mol. The summed E-state index contributed by atoms with van der Waals surface area (Å²) in [6.07, 6.45) is 6.67. The van der Waals surface area contributed by atoms with Crippen molar-refractivity contribution in [1.29, 1.82) is 5.26 Å². The second-order valence-corrected chi connectivity index (χ2v) is 7.12. The van der Waals surface area contributed by atoms with E-state index in [0.29, 0.717) is 0 Å². The van der Waals surface area contributed by atoms with Gasteiger partial charge in [-0.25, -0.2) is 0 Å². The first kappa shape index (κ1) is 22.4. The van der Waals surface area contributed by atoms with Gasteiger partial charge in [0, 0.05) is 0 Å². The molecule has 0 fully saturated rings. The van der Waals surface area contributed by atoms with Crippen molar-refractivity contribution >= 4 is 8.07 Å². The van der Waals surface area contributed by atoms with Crippen LogP contribution in [0.15, 0.2) is 0 Å². The van der Waals surface area contributed by atoms with Gasteiger partial charge in [0.05, 0.1) is 8.07 Å². The Labute approximate surface area is 87.2 Å². The van der Waals surface area contributed by atoms with E-state index in [1.165, 1.54) is 0 Å². The van der Waals surface area contributed by atoms with E-state index in [4.69, 9.17) is 18.3 Å². The van der Waals surface area contributed by atoms with Crippen LogP contribution < -0.4 is 18.9 Å². The first-order valence-corrected chi connectivity index (χ1v) is 5.72. The minimum atomic E-state index is -1.21. The molecular formula is C6H9CuLiNSi. The Balaban J connectivity index is -0.0000000412. The average molecular weight is 194 g/mol. The molecule has 0 saturated heterocycles. The molecule has 0 aromatic heterocycles. The van der Waals surface area contributed by atoms with Gasteiger partial charge >= 0.3 is 35.9 Å². The summed E-state index contributed by atoms with van der Waals surface area (Å²) in [7, 11) is -1.21. The van der Waals surface area contributed by atoms with Crippen molar-refractivity contribution in [2.75, 3.05) is 0 Å². The molecule has 4 heteroatoms. The van der Waals surface area contributed by atoms with Gasteiger partial charge in [-0.1, -0.05) is 19.6 Å². The van der Waals surface area contributed by atoms with E-state index in [1.807, 2.05) is 0 Å². The quantitative estimate of drug-likeness (QED) is 0.263. The summed E-state index contributed by atoms with van der Waals surface area (Å²) in [5, 5.41) is 6.25. The Bertz CT molecular complexity index is 111. The van der Waals surface area contributed by atoms with Gasteiger partial charge in [-0.05, 0) is 0 Å². The summed E-state index contributed by atoms with van der Waals surface area (Å²) in [5.41, 5.74) is 2.49. The summed E-state index contributed by atoms with van der Waals surface area (Å²) in [6.45, 7) is 11.0. The monoisotopic (exact) mass is 193 g/mol. The predicted molar refractivity (Wildman–Crippen MR) is 35.4 cm³/mol. The Morgan fingerprint density at radius 3 is 1.30 bits per heavy atom. The molecule has 0 aromatic rings. The molecule has 0 amide bonds. The van der Waals surface area contributed by atoms with Crippen LogP contribution in [0.4, 0.5) is 0 Å². The molecule has 0 spiro atoms. The van der Waals surface area contributed by atoms with Gasteiger partial charge in [-0.2, -0.15) is 0 Å². The molecule has 0 aromatic carbocycles. The van der Waals surface area contributed by atoms with Crippen molar-refractivity contribution in [3.63, 3.8) is 0 Å². The van der Waals surface area contributed by atoms with E-state index in [0.717, 1.165) is 0 Å². The molecule has 0 bridgehead atoms. The minimum absolute atomic E-state index is 0. The van der Waals surface area contributed by atoms with Crippen molar-refractivity contribution in [3.05, 3.63) is 13.0 Å². The van der Waals surface area contributed by atoms with E-state index < -0.39 is 8.07 Å². The average Bonchev–Trinajstić information content (AvgIpc) is 1.71. The third kappa shape index (κ3) is 39.9. The van der Waals surface area contributed by atoms with Crippen LogP contribution in [0.25, 0.3) is 0 Å². The van der Waals surface area contributed by atoms with Crippen molar-refractivity contribution < 1.29 is 35.9 Å². The SMILES string of the molecule is [C-]#C[Si](C)(C)C.[C-]#N.[Cu+].[Li+]. The zero-order valence-corrected chi connectivity index (χ0v) is 8.69. The van der Waals surface area contributed by atoms with Crippen LogP contribution >= 0.6 is 0 Å². The molecule has 0 aliphatic heterocycles. The number of hydrogen-bond donors (Lipinski definition) is 0. The number of hydrogen-bond acceptors (Lipinski definition) is 1. The van der Waals surface area contributed by atoms with E-state index in [-0.39, 0.29) is 35.9 Å². The summed E-state index contributed by atoms with van der Waals surface area (Å²) in [5.74, 6) is 0. The van der Waals surface area contributed by atoms with Gasteiger partial charge < -0.3 is 23.8 Å². The van der Waals surface area contributed by atoms with E-state index in [2.05, 4.69) is 25.2 Å². The largest absolute Gasteiger partial charge is 1.00 e. The van der Waals surface area contributed by atoms with Crippen LogP contribution in [0.2, 0.25) is 19.6 Å². The van der Waals surface area contributed by atoms with Crippen LogP contribution in [0.1, 0.15) is 0 Å². The van der Waals surface area contributed by atoms with Crippen LogP contribution in [-0.2, 0) is 17.1 Å². The Kier molecular flexibility index (Phi) is 27.1. The predicted octanol–water partition coefficient (Wildman–Crippen LogP) is -1.45. The van der Waals surface area contributed by atoms with E-state index in [9.17, 15) is 0 Å². The van der Waals surface area contributed by atoms with Gasteiger partial charge in [0.1, 0.15) is 0 Å². The molecule has 0 aliphatic carbocycles. The molecule has 54 valence electrons. The summed E-state index contributed by atoms with van der Waals surface area (Å²) in [4.78, 5) is 0. The van der Waals surface area contributed by atoms with Crippen LogP contribution in [0.5, 0.6) is 0 Å². The fourth-order valence-electron chi connectivity index (χ4n) is 0. The summed E-state index contributed by atoms with van der Waals surface area (Å²) in [6, 6.07) is 0. The van der Waals surface area contributed by atoms with Gasteiger partial charge in [-0.15, -0.1) is 0 Å². The van der Waals surface area contributed by atoms with Crippen LogP contribution in [0.3, 0.4) is 0 Å². The van der Waals surface area contributed by atoms with Crippen LogP contribution in [-0.4, -0.2) is 8.07 Å². The standard InChI is InChI=1S/C5H9Si.CN.Cu.Li/c1-5-6(2,3)4;1-2;;/h2-4H3;;;/q2*-1;2*+1. The summed E-state index contributed by atoms with van der Waals surface area (Å²) < 4.78 is 0.